The molecule has 26 heavy (non-hydrogen) atoms. The van der Waals surface area contributed by atoms with Crippen molar-refractivity contribution in [1.29, 1.82) is 0 Å². The van der Waals surface area contributed by atoms with Gasteiger partial charge in [-0.05, 0) is 65.3 Å². The molecule has 1 unspecified atom stereocenters. The van der Waals surface area contributed by atoms with Gasteiger partial charge in [-0.1, -0.05) is 18.2 Å². The Morgan fingerprint density at radius 3 is 2.88 bits per heavy atom. The van der Waals surface area contributed by atoms with E-state index in [0.717, 1.165) is 30.9 Å². The van der Waals surface area contributed by atoms with Crippen LogP contribution < -0.4 is 15.4 Å². The lowest BCUT2D eigenvalue weighted by Gasteiger charge is -2.13. The van der Waals surface area contributed by atoms with Crippen LogP contribution >= 0.6 is 28.1 Å². The molecule has 0 aliphatic carbocycles. The second-order valence-electron chi connectivity index (χ2n) is 5.86. The SMILES string of the molecule is O=C(NC(=S)Nc1cccc(OCC2CCCO2)c1)c1ccccc1Br. The summed E-state index contributed by atoms with van der Waals surface area (Å²) in [5.41, 5.74) is 1.26. The fourth-order valence-electron chi connectivity index (χ4n) is 2.61. The number of nitrogens with one attached hydrogen (secondary N) is 2. The van der Waals surface area contributed by atoms with E-state index in [1.165, 1.54) is 0 Å². The normalized spacial score (nSPS) is 16.1. The Kier molecular flexibility index (Phi) is 6.60. The maximum Gasteiger partial charge on any atom is 0.258 e. The lowest BCUT2D eigenvalue weighted by Crippen LogP contribution is -2.34. The van der Waals surface area contributed by atoms with Gasteiger partial charge in [0.15, 0.2) is 5.11 Å². The molecule has 0 aromatic heterocycles. The first kappa shape index (κ1) is 18.8. The minimum absolute atomic E-state index is 0.163. The number of halogens is 1. The van der Waals surface area contributed by atoms with Crippen molar-refractivity contribution in [2.75, 3.05) is 18.5 Å². The summed E-state index contributed by atoms with van der Waals surface area (Å²) < 4.78 is 12.0. The third-order valence-corrected chi connectivity index (χ3v) is 4.79. The molecule has 1 fully saturated rings. The van der Waals surface area contributed by atoms with Gasteiger partial charge in [-0.25, -0.2) is 0 Å². The van der Waals surface area contributed by atoms with Gasteiger partial charge < -0.3 is 14.8 Å². The van der Waals surface area contributed by atoms with Gasteiger partial charge in [0.05, 0.1) is 11.7 Å². The highest BCUT2D eigenvalue weighted by atomic mass is 79.9. The van der Waals surface area contributed by atoms with Crippen LogP contribution in [-0.2, 0) is 4.74 Å². The Hall–Kier alpha value is -1.96. The molecule has 2 aromatic rings. The van der Waals surface area contributed by atoms with Gasteiger partial charge in [-0.15, -0.1) is 0 Å². The molecule has 1 amide bonds. The van der Waals surface area contributed by atoms with Crippen LogP contribution in [0.5, 0.6) is 5.75 Å². The van der Waals surface area contributed by atoms with E-state index in [-0.39, 0.29) is 17.1 Å². The largest absolute Gasteiger partial charge is 0.491 e. The second kappa shape index (κ2) is 9.12. The van der Waals surface area contributed by atoms with Gasteiger partial charge in [0.1, 0.15) is 12.4 Å². The molecule has 2 N–H and O–H groups in total. The summed E-state index contributed by atoms with van der Waals surface area (Å²) in [6.45, 7) is 1.34. The maximum atomic E-state index is 12.3. The highest BCUT2D eigenvalue weighted by molar-refractivity contribution is 9.10. The highest BCUT2D eigenvalue weighted by Gasteiger charge is 2.16. The number of hydrogen-bond donors (Lipinski definition) is 2. The van der Waals surface area contributed by atoms with Gasteiger partial charge in [0.2, 0.25) is 0 Å². The third-order valence-electron chi connectivity index (χ3n) is 3.90. The molecule has 0 bridgehead atoms. The summed E-state index contributed by atoms with van der Waals surface area (Å²) in [6.07, 6.45) is 2.28. The number of rotatable bonds is 5. The topological polar surface area (TPSA) is 59.6 Å². The summed E-state index contributed by atoms with van der Waals surface area (Å²) in [4.78, 5) is 12.3. The van der Waals surface area contributed by atoms with Crippen molar-refractivity contribution in [3.8, 4) is 5.75 Å². The molecule has 1 aliphatic rings. The van der Waals surface area contributed by atoms with Crippen LogP contribution in [0.2, 0.25) is 0 Å². The number of amides is 1. The minimum atomic E-state index is -0.277. The quantitative estimate of drug-likeness (QED) is 0.692. The van der Waals surface area contributed by atoms with Gasteiger partial charge in [-0.2, -0.15) is 0 Å². The molecule has 1 aliphatic heterocycles. The van der Waals surface area contributed by atoms with Crippen LogP contribution in [0.3, 0.4) is 0 Å². The Balaban J connectivity index is 1.54. The van der Waals surface area contributed by atoms with Crippen LogP contribution in [0.25, 0.3) is 0 Å². The van der Waals surface area contributed by atoms with Crippen LogP contribution in [-0.4, -0.2) is 30.3 Å². The van der Waals surface area contributed by atoms with E-state index in [1.54, 1.807) is 18.2 Å². The van der Waals surface area contributed by atoms with Crippen molar-refractivity contribution >= 4 is 44.9 Å². The van der Waals surface area contributed by atoms with Crippen molar-refractivity contribution in [1.82, 2.24) is 5.32 Å². The van der Waals surface area contributed by atoms with E-state index in [1.807, 2.05) is 30.3 Å². The second-order valence-corrected chi connectivity index (χ2v) is 7.12. The van der Waals surface area contributed by atoms with E-state index in [0.29, 0.717) is 16.6 Å². The Bertz CT molecular complexity index is 794. The number of hydrogen-bond acceptors (Lipinski definition) is 4. The lowest BCUT2D eigenvalue weighted by molar-refractivity contribution is 0.0680. The van der Waals surface area contributed by atoms with E-state index >= 15 is 0 Å². The van der Waals surface area contributed by atoms with E-state index in [4.69, 9.17) is 21.7 Å². The summed E-state index contributed by atoms with van der Waals surface area (Å²) in [5, 5.41) is 5.90. The summed E-state index contributed by atoms with van der Waals surface area (Å²) >= 11 is 8.59. The van der Waals surface area contributed by atoms with Crippen molar-refractivity contribution in [2.24, 2.45) is 0 Å². The molecule has 0 saturated carbocycles. The molecule has 3 rings (SSSR count). The number of carbonyl (C=O) groups is 1. The summed E-state index contributed by atoms with van der Waals surface area (Å²) in [5.74, 6) is 0.450. The third kappa shape index (κ3) is 5.27. The lowest BCUT2D eigenvalue weighted by atomic mass is 10.2. The zero-order valence-corrected chi connectivity index (χ0v) is 16.4. The number of benzene rings is 2. The Labute approximate surface area is 166 Å². The number of thiocarbonyl (C=S) groups is 1. The molecular formula is C19H19BrN2O3S. The van der Waals surface area contributed by atoms with Crippen molar-refractivity contribution in [2.45, 2.75) is 18.9 Å². The first-order chi connectivity index (χ1) is 12.6. The molecule has 0 radical (unpaired) electrons. The first-order valence-corrected chi connectivity index (χ1v) is 9.53. The monoisotopic (exact) mass is 434 g/mol. The van der Waals surface area contributed by atoms with Crippen molar-refractivity contribution in [3.05, 3.63) is 58.6 Å². The smallest absolute Gasteiger partial charge is 0.258 e. The molecular weight excluding hydrogens is 416 g/mol. The van der Waals surface area contributed by atoms with E-state index in [2.05, 4.69) is 26.6 Å². The summed E-state index contributed by atoms with van der Waals surface area (Å²) in [7, 11) is 0. The molecule has 136 valence electrons. The number of ether oxygens (including phenoxy) is 2. The van der Waals surface area contributed by atoms with Crippen molar-refractivity contribution < 1.29 is 14.3 Å². The molecule has 2 aromatic carbocycles. The zero-order chi connectivity index (χ0) is 18.4. The highest BCUT2D eigenvalue weighted by Crippen LogP contribution is 2.20. The molecule has 1 saturated heterocycles. The van der Waals surface area contributed by atoms with Gasteiger partial charge in [-0.3, -0.25) is 10.1 Å². The molecule has 1 heterocycles. The zero-order valence-electron chi connectivity index (χ0n) is 14.0. The Morgan fingerprint density at radius 2 is 2.12 bits per heavy atom. The average molecular weight is 435 g/mol. The van der Waals surface area contributed by atoms with Gasteiger partial charge >= 0.3 is 0 Å². The van der Waals surface area contributed by atoms with Gasteiger partial charge in [0, 0.05) is 22.8 Å². The maximum absolute atomic E-state index is 12.3. The molecule has 1 atom stereocenters. The predicted octanol–water partition coefficient (Wildman–Crippen LogP) is 4.13. The van der Waals surface area contributed by atoms with E-state index in [9.17, 15) is 4.79 Å². The van der Waals surface area contributed by atoms with Gasteiger partial charge in [0.25, 0.3) is 5.91 Å². The summed E-state index contributed by atoms with van der Waals surface area (Å²) in [6, 6.07) is 14.6. The number of carbonyl (C=O) groups excluding carboxylic acids is 1. The fourth-order valence-corrected chi connectivity index (χ4v) is 3.28. The van der Waals surface area contributed by atoms with Crippen LogP contribution in [0.4, 0.5) is 5.69 Å². The van der Waals surface area contributed by atoms with E-state index < -0.39 is 0 Å². The van der Waals surface area contributed by atoms with Crippen LogP contribution in [0.1, 0.15) is 23.2 Å². The standard InChI is InChI=1S/C19H19BrN2O3S/c20-17-9-2-1-8-16(17)18(23)22-19(26)21-13-5-3-6-14(11-13)25-12-15-7-4-10-24-15/h1-3,5-6,8-9,11,15H,4,7,10,12H2,(H2,21,22,23,26). The molecule has 5 nitrogen and oxygen atoms in total. The fraction of sp³-hybridized carbons (Fsp3) is 0.263. The van der Waals surface area contributed by atoms with Crippen molar-refractivity contribution in [3.63, 3.8) is 0 Å². The molecule has 7 heteroatoms. The van der Waals surface area contributed by atoms with Crippen LogP contribution in [0.15, 0.2) is 53.0 Å². The minimum Gasteiger partial charge on any atom is -0.491 e. The molecule has 0 spiro atoms. The van der Waals surface area contributed by atoms with Crippen LogP contribution in [0, 0.1) is 0 Å². The number of anilines is 1. The Morgan fingerprint density at radius 1 is 1.27 bits per heavy atom. The average Bonchev–Trinajstić information content (AvgIpc) is 3.14. The predicted molar refractivity (Wildman–Crippen MR) is 109 cm³/mol. The first-order valence-electron chi connectivity index (χ1n) is 8.33.